The zero-order valence-electron chi connectivity index (χ0n) is 14.7. The van der Waals surface area contributed by atoms with E-state index in [1.165, 1.54) is 24.0 Å². The highest BCUT2D eigenvalue weighted by Gasteiger charge is 2.20. The number of nitrogens with one attached hydrogen (secondary N) is 2. The minimum absolute atomic E-state index is 0. The van der Waals surface area contributed by atoms with Crippen molar-refractivity contribution in [2.24, 2.45) is 10.9 Å². The Bertz CT molecular complexity index is 493. The number of benzene rings is 1. The van der Waals surface area contributed by atoms with Gasteiger partial charge in [-0.1, -0.05) is 24.3 Å². The van der Waals surface area contributed by atoms with Gasteiger partial charge in [0, 0.05) is 40.5 Å². The van der Waals surface area contributed by atoms with Crippen LogP contribution in [0.3, 0.4) is 0 Å². The Balaban J connectivity index is 0.00000288. The van der Waals surface area contributed by atoms with E-state index in [0.717, 1.165) is 44.6 Å². The summed E-state index contributed by atoms with van der Waals surface area (Å²) >= 11 is 0. The normalized spacial score (nSPS) is 14.2. The Morgan fingerprint density at radius 1 is 1.25 bits per heavy atom. The molecule has 1 aromatic rings. The molecule has 1 fully saturated rings. The average Bonchev–Trinajstić information content (AvgIpc) is 3.38. The zero-order valence-corrected chi connectivity index (χ0v) is 17.0. The van der Waals surface area contributed by atoms with E-state index in [0.29, 0.717) is 6.61 Å². The summed E-state index contributed by atoms with van der Waals surface area (Å²) in [5.41, 5.74) is 2.40. The van der Waals surface area contributed by atoms with Crippen LogP contribution < -0.4 is 10.6 Å². The number of ether oxygens (including phenoxy) is 2. The maximum absolute atomic E-state index is 5.63. The molecule has 2 N–H and O–H groups in total. The van der Waals surface area contributed by atoms with Crippen LogP contribution in [0.2, 0.25) is 0 Å². The summed E-state index contributed by atoms with van der Waals surface area (Å²) in [6.07, 6.45) is 3.69. The number of halogens is 1. The summed E-state index contributed by atoms with van der Waals surface area (Å²) in [6.45, 7) is 4.01. The van der Waals surface area contributed by atoms with E-state index in [-0.39, 0.29) is 24.0 Å². The maximum Gasteiger partial charge on any atom is 0.191 e. The first-order chi connectivity index (χ1) is 11.3. The molecule has 1 aliphatic rings. The second kappa shape index (κ2) is 12.5. The van der Waals surface area contributed by atoms with E-state index in [1.807, 2.05) is 0 Å². The van der Waals surface area contributed by atoms with Gasteiger partial charge in [0.2, 0.25) is 0 Å². The summed E-state index contributed by atoms with van der Waals surface area (Å²) in [6, 6.07) is 8.38. The van der Waals surface area contributed by atoms with E-state index in [2.05, 4.69) is 39.9 Å². The van der Waals surface area contributed by atoms with Crippen molar-refractivity contribution in [3.63, 3.8) is 0 Å². The molecule has 0 heterocycles. The fourth-order valence-corrected chi connectivity index (χ4v) is 2.32. The first kappa shape index (κ1) is 21.2. The lowest BCUT2D eigenvalue weighted by atomic mass is 10.1. The van der Waals surface area contributed by atoms with Gasteiger partial charge in [0.15, 0.2) is 5.96 Å². The lowest BCUT2D eigenvalue weighted by molar-refractivity contribution is 0.123. The third kappa shape index (κ3) is 8.84. The van der Waals surface area contributed by atoms with Crippen molar-refractivity contribution in [1.29, 1.82) is 0 Å². The number of methoxy groups -OCH3 is 1. The van der Waals surface area contributed by atoms with Gasteiger partial charge in [-0.25, -0.2) is 0 Å². The van der Waals surface area contributed by atoms with Gasteiger partial charge in [-0.15, -0.1) is 24.0 Å². The molecule has 6 heteroatoms. The predicted octanol–water partition coefficient (Wildman–Crippen LogP) is 2.93. The van der Waals surface area contributed by atoms with E-state index < -0.39 is 0 Å². The Morgan fingerprint density at radius 3 is 2.75 bits per heavy atom. The van der Waals surface area contributed by atoms with E-state index in [4.69, 9.17) is 9.47 Å². The van der Waals surface area contributed by atoms with Crippen molar-refractivity contribution in [2.45, 2.75) is 32.4 Å². The molecule has 0 spiro atoms. The first-order valence-electron chi connectivity index (χ1n) is 8.41. The molecule has 0 amide bonds. The van der Waals surface area contributed by atoms with Gasteiger partial charge in [-0.2, -0.15) is 0 Å². The highest BCUT2D eigenvalue weighted by molar-refractivity contribution is 14.0. The summed E-state index contributed by atoms with van der Waals surface area (Å²) in [5, 5.41) is 6.65. The van der Waals surface area contributed by atoms with Crippen LogP contribution in [-0.4, -0.2) is 39.9 Å². The van der Waals surface area contributed by atoms with Crippen LogP contribution in [0.1, 0.15) is 30.4 Å². The molecule has 0 saturated heterocycles. The topological polar surface area (TPSA) is 54.9 Å². The van der Waals surface area contributed by atoms with Gasteiger partial charge >= 0.3 is 0 Å². The number of hydrogen-bond acceptors (Lipinski definition) is 3. The smallest absolute Gasteiger partial charge is 0.191 e. The minimum atomic E-state index is 0. The number of nitrogens with zero attached hydrogens (tertiary/aromatic N) is 1. The molecular weight excluding hydrogens is 417 g/mol. The first-order valence-corrected chi connectivity index (χ1v) is 8.41. The molecule has 1 saturated carbocycles. The van der Waals surface area contributed by atoms with Crippen LogP contribution in [0, 0.1) is 5.92 Å². The van der Waals surface area contributed by atoms with Gasteiger partial charge in [0.1, 0.15) is 0 Å². The van der Waals surface area contributed by atoms with Crippen LogP contribution >= 0.6 is 24.0 Å². The second-order valence-corrected chi connectivity index (χ2v) is 5.98. The van der Waals surface area contributed by atoms with Crippen molar-refractivity contribution in [1.82, 2.24) is 10.6 Å². The number of hydrogen-bond donors (Lipinski definition) is 2. The molecule has 1 aromatic carbocycles. The van der Waals surface area contributed by atoms with E-state index in [9.17, 15) is 0 Å². The average molecular weight is 447 g/mol. The van der Waals surface area contributed by atoms with E-state index in [1.54, 1.807) is 14.2 Å². The third-order valence-corrected chi connectivity index (χ3v) is 3.79. The quantitative estimate of drug-likeness (QED) is 0.251. The van der Waals surface area contributed by atoms with Crippen LogP contribution in [0.5, 0.6) is 0 Å². The SMILES string of the molecule is CN=C(NCCCOCC1CC1)NCc1cccc(COC)c1.I. The molecule has 0 aliphatic heterocycles. The molecule has 0 unspecified atom stereocenters. The predicted molar refractivity (Wildman–Crippen MR) is 109 cm³/mol. The van der Waals surface area contributed by atoms with Gasteiger partial charge in [-0.3, -0.25) is 4.99 Å². The van der Waals surface area contributed by atoms with Crippen LogP contribution in [-0.2, 0) is 22.6 Å². The monoisotopic (exact) mass is 447 g/mol. The lowest BCUT2D eigenvalue weighted by Crippen LogP contribution is -2.37. The highest BCUT2D eigenvalue weighted by Crippen LogP contribution is 2.28. The highest BCUT2D eigenvalue weighted by atomic mass is 127. The van der Waals surface area contributed by atoms with Gasteiger partial charge in [0.25, 0.3) is 0 Å². The molecule has 24 heavy (non-hydrogen) atoms. The Morgan fingerprint density at radius 2 is 2.04 bits per heavy atom. The fourth-order valence-electron chi connectivity index (χ4n) is 2.32. The Hall–Kier alpha value is -0.860. The maximum atomic E-state index is 5.63. The molecule has 5 nitrogen and oxygen atoms in total. The summed E-state index contributed by atoms with van der Waals surface area (Å²) in [7, 11) is 3.51. The standard InChI is InChI=1S/C18H29N3O2.HI/c1-19-18(20-9-4-10-23-14-15-7-8-15)21-12-16-5-3-6-17(11-16)13-22-2;/h3,5-6,11,15H,4,7-10,12-14H2,1-2H3,(H2,19,20,21);1H. The molecule has 1 aliphatic carbocycles. The van der Waals surface area contributed by atoms with Crippen LogP contribution in [0.15, 0.2) is 29.3 Å². The fraction of sp³-hybridized carbons (Fsp3) is 0.611. The largest absolute Gasteiger partial charge is 0.381 e. The van der Waals surface area contributed by atoms with Crippen molar-refractivity contribution >= 4 is 29.9 Å². The van der Waals surface area contributed by atoms with Crippen molar-refractivity contribution in [3.05, 3.63) is 35.4 Å². The number of aliphatic imine (C=N–C) groups is 1. The molecule has 0 radical (unpaired) electrons. The molecule has 2 rings (SSSR count). The minimum Gasteiger partial charge on any atom is -0.381 e. The third-order valence-electron chi connectivity index (χ3n) is 3.79. The summed E-state index contributed by atoms with van der Waals surface area (Å²) in [4.78, 5) is 4.25. The molecule has 136 valence electrons. The zero-order chi connectivity index (χ0) is 16.3. The molecule has 0 bridgehead atoms. The summed E-state index contributed by atoms with van der Waals surface area (Å²) < 4.78 is 10.8. The van der Waals surface area contributed by atoms with Gasteiger partial charge < -0.3 is 20.1 Å². The van der Waals surface area contributed by atoms with Crippen molar-refractivity contribution in [2.75, 3.05) is 33.9 Å². The van der Waals surface area contributed by atoms with Crippen molar-refractivity contribution in [3.8, 4) is 0 Å². The van der Waals surface area contributed by atoms with Gasteiger partial charge in [-0.05, 0) is 36.3 Å². The second-order valence-electron chi connectivity index (χ2n) is 5.98. The summed E-state index contributed by atoms with van der Waals surface area (Å²) in [5.74, 6) is 1.66. The molecule has 0 aromatic heterocycles. The molecule has 0 atom stereocenters. The van der Waals surface area contributed by atoms with Gasteiger partial charge in [0.05, 0.1) is 6.61 Å². The number of rotatable bonds is 10. The van der Waals surface area contributed by atoms with Crippen LogP contribution in [0.25, 0.3) is 0 Å². The number of guanidine groups is 1. The van der Waals surface area contributed by atoms with Crippen molar-refractivity contribution < 1.29 is 9.47 Å². The van der Waals surface area contributed by atoms with Crippen LogP contribution in [0.4, 0.5) is 0 Å². The Labute approximate surface area is 162 Å². The van der Waals surface area contributed by atoms with E-state index >= 15 is 0 Å². The lowest BCUT2D eigenvalue weighted by Gasteiger charge is -2.12. The Kier molecular flexibility index (Phi) is 11.0. The molecular formula is C18H30IN3O2.